The number of nitrogens with two attached hydrogens (primary N) is 2. The summed E-state index contributed by atoms with van der Waals surface area (Å²) in [7, 11) is 1.36. The van der Waals surface area contributed by atoms with Gasteiger partial charge in [0.05, 0.1) is 64.8 Å². The predicted molar refractivity (Wildman–Crippen MR) is 330 cm³/mol. The first kappa shape index (κ1) is 107. The van der Waals surface area contributed by atoms with Crippen LogP contribution in [0.1, 0.15) is 158 Å². The summed E-state index contributed by atoms with van der Waals surface area (Å²) in [6.45, 7) is 38.2. The molecule has 0 aromatic heterocycles. The second-order valence-electron chi connectivity index (χ2n) is 18.8. The first-order valence-electron chi connectivity index (χ1n) is 27.3. The minimum atomic E-state index is -3.28. The Kier molecular flexibility index (Phi) is 94.4. The van der Waals surface area contributed by atoms with Gasteiger partial charge in [-0.3, -0.25) is 53.6 Å². The first-order chi connectivity index (χ1) is 39.1. The number of esters is 4. The molecule has 6 N–H and O–H groups in total. The predicted octanol–water partition coefficient (Wildman–Crippen LogP) is 5.81. The van der Waals surface area contributed by atoms with Gasteiger partial charge in [-0.1, -0.05) is 79.0 Å². The van der Waals surface area contributed by atoms with E-state index in [1.807, 2.05) is 87.5 Å². The number of hydrogen-bond acceptors (Lipinski definition) is 21. The molecule has 0 amide bonds. The van der Waals surface area contributed by atoms with Gasteiger partial charge in [0.1, 0.15) is 12.4 Å². The standard InChI is InChI=1S/C10H17NO4.C10H19NO2.C9H14O2.C8H15NO2.C8H17O5P.C5H8O.C4H9O.C2H4O2.CH3NO2.BH.K.U/c1-4-15-10(12)6-9(5-8(2)3)7-11(13)14;1-4-13-10(12)6-9(7-11)5-8(2)3;1-4-11-9(10)7-5-6-8(2)3;1-6(2)3-7(5-9)4-8(10)11;1-4-11-8(9)7-14(10,12-5-2)13-6-3;1-5(2)3-4-6;1-4(2,3)5;2*1-2(3)4;;;/h5,9H,4,6-7H2,1-3H3;5,9H,4,6-7,11H2,1-3H3;5-7H,4H2,1-3H3;3,7H,4-5,9H2,1-2H3,(H,10,11);4-7H2,1-3H3;3-4H,1-2H3;1-3H3;1H3,(H,3,4);1H3;1H;;/q;;;;;;-1;;;;+1;/b;;7-5+;;;;;;;;;/i;;;;;;;;;1D;;. The summed E-state index contributed by atoms with van der Waals surface area (Å²) in [5.41, 5.74) is 15.6. The molecule has 494 valence electrons. The molecule has 0 aromatic carbocycles. The largest absolute Gasteiger partial charge is 1.00 e. The van der Waals surface area contributed by atoms with E-state index in [1.165, 1.54) is 17.7 Å². The molecule has 0 bridgehead atoms. The smallest absolute Gasteiger partial charge is 0.850 e. The molecular formula is C57H107BKN4O21PU. The number of nitro groups is 2. The van der Waals surface area contributed by atoms with E-state index < -0.39 is 41.0 Å². The number of carboxylic acid groups (broad SMARTS) is 2. The number of carbonyl (C=O) groups excluding carboxylic acids is 5. The Labute approximate surface area is 583 Å². The molecule has 25 nitrogen and oxygen atoms in total. The van der Waals surface area contributed by atoms with E-state index >= 15 is 0 Å². The van der Waals surface area contributed by atoms with Crippen molar-refractivity contribution < 1.29 is 174 Å². The molecule has 3 unspecified atom stereocenters. The second kappa shape index (κ2) is 75.8. The van der Waals surface area contributed by atoms with Gasteiger partial charge in [0.25, 0.3) is 5.97 Å². The fraction of sp³-hybridized carbons (Fsp3) is 0.667. The van der Waals surface area contributed by atoms with Crippen LogP contribution in [0.2, 0.25) is 0 Å². The first-order valence-corrected chi connectivity index (χ1v) is 28.4. The number of carbonyl (C=O) groups is 7. The van der Waals surface area contributed by atoms with Crippen molar-refractivity contribution >= 4 is 58.1 Å². The summed E-state index contributed by atoms with van der Waals surface area (Å²) in [5.74, 6) is -3.30. The number of hydrogen-bond donors (Lipinski definition) is 4. The molecule has 0 fully saturated rings. The second-order valence-corrected chi connectivity index (χ2v) is 20.9. The third-order valence-corrected chi connectivity index (χ3v) is 9.18. The number of aldehydes is 1. The zero-order valence-corrected chi connectivity index (χ0v) is 63.9. The number of carboxylic acids is 2. The van der Waals surface area contributed by atoms with Crippen molar-refractivity contribution in [1.29, 1.82) is 1.34 Å². The van der Waals surface area contributed by atoms with Crippen LogP contribution in [0.25, 0.3) is 0 Å². The number of ether oxygens (including phenoxy) is 4. The number of rotatable bonds is 26. The summed E-state index contributed by atoms with van der Waals surface area (Å²) < 4.78 is 45.7. The molecule has 29 heteroatoms. The molecule has 0 spiro atoms. The molecule has 0 aliphatic carbocycles. The van der Waals surface area contributed by atoms with Gasteiger partial charge in [0.2, 0.25) is 6.54 Å². The van der Waals surface area contributed by atoms with Crippen molar-refractivity contribution in [1.82, 2.24) is 0 Å². The Morgan fingerprint density at radius 2 is 0.907 bits per heavy atom. The molecule has 0 aromatic rings. The summed E-state index contributed by atoms with van der Waals surface area (Å²) >= 11 is 0. The van der Waals surface area contributed by atoms with Crippen molar-refractivity contribution in [3.05, 3.63) is 90.6 Å². The number of nitrogens with zero attached hydrogens (tertiary/aromatic N) is 2. The van der Waals surface area contributed by atoms with Gasteiger partial charge in [0, 0.05) is 62.3 Å². The number of aliphatic carboxylic acids is 2. The maximum atomic E-state index is 11.8. The normalized spacial score (nSPS) is 10.3. The van der Waals surface area contributed by atoms with Crippen molar-refractivity contribution in [3.8, 4) is 0 Å². The van der Waals surface area contributed by atoms with Crippen LogP contribution < -0.4 is 68.0 Å². The van der Waals surface area contributed by atoms with Crippen LogP contribution in [-0.2, 0) is 66.1 Å². The Balaban J connectivity index is -0.0000000744. The molecule has 0 aliphatic rings. The van der Waals surface area contributed by atoms with E-state index in [0.29, 0.717) is 39.3 Å². The average Bonchev–Trinajstić information content (AvgIpc) is 3.31. The van der Waals surface area contributed by atoms with E-state index in [9.17, 15) is 48.6 Å². The number of allylic oxidation sites excluding steroid dienone is 8. The topological polar surface area (TPSA) is 394 Å². The van der Waals surface area contributed by atoms with Crippen LogP contribution in [0.5, 0.6) is 0 Å². The summed E-state index contributed by atoms with van der Waals surface area (Å²) in [4.78, 5) is 91.0. The fourth-order valence-electron chi connectivity index (χ4n) is 4.83. The molecule has 0 rings (SSSR count). The zero-order chi connectivity index (χ0) is 69.3. The summed E-state index contributed by atoms with van der Waals surface area (Å²) in [6, 6.07) is 0. The van der Waals surface area contributed by atoms with E-state index in [-0.39, 0.29) is 164 Å². The average molecular weight is 1500 g/mol. The Morgan fingerprint density at radius 1 is 0.605 bits per heavy atom. The van der Waals surface area contributed by atoms with Crippen LogP contribution in [-0.4, -0.2) is 150 Å². The van der Waals surface area contributed by atoms with Crippen LogP contribution in [0.3, 0.4) is 0 Å². The molecule has 86 heavy (non-hydrogen) atoms. The maximum absolute atomic E-state index is 11.8. The van der Waals surface area contributed by atoms with Crippen LogP contribution in [0.4, 0.5) is 0 Å². The zero-order valence-electron chi connectivity index (χ0n) is 56.8. The molecule has 0 saturated heterocycles. The minimum Gasteiger partial charge on any atom is -0.850 e. The Hall–Kier alpha value is -3.49. The monoisotopic (exact) mass is 1500 g/mol. The molecule has 0 aliphatic heterocycles. The molecular weight excluding hydrogens is 1400 g/mol. The Bertz CT molecular complexity index is 1980. The van der Waals surface area contributed by atoms with Crippen LogP contribution in [0.15, 0.2) is 70.4 Å². The quantitative estimate of drug-likeness (QED) is 0.00758. The van der Waals surface area contributed by atoms with Crippen molar-refractivity contribution in [3.63, 3.8) is 0 Å². The molecule has 0 saturated carbocycles. The summed E-state index contributed by atoms with van der Waals surface area (Å²) in [6.07, 6.45) is 13.2. The van der Waals surface area contributed by atoms with Crippen LogP contribution in [0, 0.1) is 69.1 Å². The SMILES string of the molecule is CC(=O)O.CC(C)(C)[O-].CC(C)=CC(CN)CC(=O)O.CC(C)=CC=O.CCOC(=O)/C=C/C=C(C)C.CCOC(=O)CC(C=C(C)C)CN.CCOC(=O)CC(C=C(C)C)C[N+](=O)[O-].CCOC(=O)CP(=O)(OCC)OCC.C[N+](=O)[O-].[2H][B].[K+].[U]. The third-order valence-electron chi connectivity index (χ3n) is 7.23. The minimum absolute atomic E-state index is 0. The Morgan fingerprint density at radius 3 is 1.15 bits per heavy atom. The van der Waals surface area contributed by atoms with Gasteiger partial charge in [0.15, 0.2) is 7.05 Å². The fourth-order valence-corrected chi connectivity index (χ4v) is 6.28. The van der Waals surface area contributed by atoms with Gasteiger partial charge >= 0.3 is 88.8 Å². The van der Waals surface area contributed by atoms with E-state index in [1.54, 1.807) is 74.5 Å². The third kappa shape index (κ3) is 130. The van der Waals surface area contributed by atoms with E-state index in [2.05, 4.69) is 17.9 Å². The van der Waals surface area contributed by atoms with E-state index in [0.717, 1.165) is 42.5 Å². The summed E-state index contributed by atoms with van der Waals surface area (Å²) in [5, 5.41) is 45.1. The van der Waals surface area contributed by atoms with Crippen LogP contribution >= 0.6 is 7.60 Å². The van der Waals surface area contributed by atoms with Gasteiger partial charge < -0.3 is 54.8 Å². The molecule has 3 atom stereocenters. The maximum Gasteiger partial charge on any atom is 1.00 e. The molecule has 0 heterocycles. The van der Waals surface area contributed by atoms with Gasteiger partial charge in [-0.15, -0.1) is 5.60 Å². The van der Waals surface area contributed by atoms with Gasteiger partial charge in [-0.25, -0.2) is 4.79 Å². The van der Waals surface area contributed by atoms with Crippen molar-refractivity contribution in [2.45, 2.75) is 163 Å². The molecule has 2 radical (unpaired) electrons. The van der Waals surface area contributed by atoms with Gasteiger partial charge in [-0.2, -0.15) is 0 Å². The van der Waals surface area contributed by atoms with Gasteiger partial charge in [-0.05, 0) is 143 Å². The van der Waals surface area contributed by atoms with Crippen molar-refractivity contribution in [2.75, 3.05) is 72.5 Å². The van der Waals surface area contributed by atoms with E-state index in [4.69, 9.17) is 56.4 Å². The van der Waals surface area contributed by atoms with Crippen molar-refractivity contribution in [2.24, 2.45) is 29.2 Å².